The highest BCUT2D eigenvalue weighted by Crippen LogP contribution is 2.29. The van der Waals surface area contributed by atoms with Gasteiger partial charge in [0.15, 0.2) is 0 Å². The van der Waals surface area contributed by atoms with Crippen LogP contribution in [0.1, 0.15) is 44.9 Å². The number of nitrogens with zero attached hydrogens (tertiary/aromatic N) is 4. The van der Waals surface area contributed by atoms with Crippen LogP contribution < -0.4 is 10.2 Å². The van der Waals surface area contributed by atoms with Crippen LogP contribution in [-0.2, 0) is 22.6 Å². The van der Waals surface area contributed by atoms with Crippen molar-refractivity contribution in [3.05, 3.63) is 90.0 Å². The summed E-state index contributed by atoms with van der Waals surface area (Å²) in [5.41, 5.74) is 3.54. The van der Waals surface area contributed by atoms with Gasteiger partial charge in [-0.05, 0) is 62.6 Å². The number of aryl methyl sites for hydroxylation is 1. The zero-order chi connectivity index (χ0) is 25.0. The van der Waals surface area contributed by atoms with Crippen LogP contribution in [0.4, 0.5) is 5.69 Å². The second-order valence-corrected chi connectivity index (χ2v) is 9.57. The third kappa shape index (κ3) is 5.57. The van der Waals surface area contributed by atoms with E-state index in [9.17, 15) is 9.59 Å². The van der Waals surface area contributed by atoms with E-state index < -0.39 is 11.6 Å². The molecule has 0 saturated carbocycles. The number of hydrogen-bond acceptors (Lipinski definition) is 4. The maximum absolute atomic E-state index is 13.9. The van der Waals surface area contributed by atoms with Crippen molar-refractivity contribution in [2.45, 2.75) is 52.2 Å². The SMILES string of the molecule is CCc1ccc(C(C(=O)NC(C)(C)C)N(C(=O)Cn2nnc3ccccc32)c2ccccc2)cc1. The van der Waals surface area contributed by atoms with Crippen LogP contribution in [0.3, 0.4) is 0 Å². The molecule has 35 heavy (non-hydrogen) atoms. The third-order valence-corrected chi connectivity index (χ3v) is 5.72. The van der Waals surface area contributed by atoms with E-state index in [4.69, 9.17) is 0 Å². The molecule has 3 aromatic carbocycles. The van der Waals surface area contributed by atoms with Crippen molar-refractivity contribution in [1.29, 1.82) is 0 Å². The number of para-hydroxylation sites is 2. The summed E-state index contributed by atoms with van der Waals surface area (Å²) >= 11 is 0. The zero-order valence-corrected chi connectivity index (χ0v) is 20.6. The van der Waals surface area contributed by atoms with Gasteiger partial charge in [0.1, 0.15) is 18.1 Å². The number of carbonyl (C=O) groups excluding carboxylic acids is 2. The standard InChI is InChI=1S/C28H31N5O2/c1-5-20-15-17-21(18-16-20)26(27(35)29-28(2,3)4)33(22-11-7-6-8-12-22)25(34)19-32-24-14-10-9-13-23(24)30-31-32/h6-18,26H,5,19H2,1-4H3,(H,29,35). The molecule has 4 rings (SSSR count). The molecule has 0 aliphatic rings. The molecule has 7 heteroatoms. The third-order valence-electron chi connectivity index (χ3n) is 5.72. The Morgan fingerprint density at radius 2 is 1.60 bits per heavy atom. The fourth-order valence-corrected chi connectivity index (χ4v) is 4.06. The molecule has 0 aliphatic carbocycles. The van der Waals surface area contributed by atoms with Gasteiger partial charge < -0.3 is 5.32 Å². The number of anilines is 1. The van der Waals surface area contributed by atoms with E-state index in [1.165, 1.54) is 0 Å². The first kappa shape index (κ1) is 24.1. The summed E-state index contributed by atoms with van der Waals surface area (Å²) in [6.45, 7) is 7.82. The normalized spacial score (nSPS) is 12.3. The predicted octanol–water partition coefficient (Wildman–Crippen LogP) is 4.68. The first-order valence-electron chi connectivity index (χ1n) is 11.8. The quantitative estimate of drug-likeness (QED) is 0.426. The van der Waals surface area contributed by atoms with Crippen molar-refractivity contribution < 1.29 is 9.59 Å². The average molecular weight is 470 g/mol. The highest BCUT2D eigenvalue weighted by molar-refractivity contribution is 6.01. The highest BCUT2D eigenvalue weighted by Gasteiger charge is 2.34. The van der Waals surface area contributed by atoms with Gasteiger partial charge in [0.25, 0.3) is 0 Å². The maximum atomic E-state index is 13.9. The fourth-order valence-electron chi connectivity index (χ4n) is 4.06. The minimum atomic E-state index is -0.857. The fraction of sp³-hybridized carbons (Fsp3) is 0.286. The molecular formula is C28H31N5O2. The second kappa shape index (κ2) is 10.1. The van der Waals surface area contributed by atoms with Gasteiger partial charge in [-0.25, -0.2) is 4.68 Å². The van der Waals surface area contributed by atoms with Crippen molar-refractivity contribution in [3.8, 4) is 0 Å². The number of amides is 2. The largest absolute Gasteiger partial charge is 0.349 e. The Hall–Kier alpha value is -4.00. The molecule has 7 nitrogen and oxygen atoms in total. The molecular weight excluding hydrogens is 438 g/mol. The molecule has 180 valence electrons. The van der Waals surface area contributed by atoms with Gasteiger partial charge >= 0.3 is 0 Å². The molecule has 0 bridgehead atoms. The molecule has 0 aliphatic heterocycles. The molecule has 1 aromatic heterocycles. The van der Waals surface area contributed by atoms with Gasteiger partial charge in [-0.1, -0.05) is 66.7 Å². The summed E-state index contributed by atoms with van der Waals surface area (Å²) in [7, 11) is 0. The lowest BCUT2D eigenvalue weighted by Gasteiger charge is -2.34. The molecule has 1 unspecified atom stereocenters. The zero-order valence-electron chi connectivity index (χ0n) is 20.6. The average Bonchev–Trinajstić information content (AvgIpc) is 3.24. The Bertz CT molecular complexity index is 1310. The van der Waals surface area contributed by atoms with E-state index in [0.29, 0.717) is 11.2 Å². The summed E-state index contributed by atoms with van der Waals surface area (Å²) < 4.78 is 1.58. The lowest BCUT2D eigenvalue weighted by atomic mass is 9.99. The summed E-state index contributed by atoms with van der Waals surface area (Å²) in [6.07, 6.45) is 0.889. The van der Waals surface area contributed by atoms with Gasteiger partial charge in [-0.15, -0.1) is 5.10 Å². The molecule has 0 saturated heterocycles. The first-order chi connectivity index (χ1) is 16.8. The molecule has 1 N–H and O–H groups in total. The van der Waals surface area contributed by atoms with Crippen LogP contribution in [-0.4, -0.2) is 32.3 Å². The summed E-state index contributed by atoms with van der Waals surface area (Å²) in [5, 5.41) is 11.4. The van der Waals surface area contributed by atoms with Crippen molar-refractivity contribution in [2.24, 2.45) is 0 Å². The minimum absolute atomic E-state index is 0.0538. The number of aromatic nitrogens is 3. The lowest BCUT2D eigenvalue weighted by molar-refractivity contribution is -0.128. The Labute approximate surface area is 205 Å². The number of hydrogen-bond donors (Lipinski definition) is 1. The van der Waals surface area contributed by atoms with E-state index in [1.807, 2.05) is 99.6 Å². The van der Waals surface area contributed by atoms with Crippen LogP contribution in [0.2, 0.25) is 0 Å². The number of benzene rings is 3. The van der Waals surface area contributed by atoms with Gasteiger partial charge in [0, 0.05) is 11.2 Å². The number of nitrogens with one attached hydrogen (secondary N) is 1. The molecule has 0 spiro atoms. The van der Waals surface area contributed by atoms with Crippen LogP contribution in [0.25, 0.3) is 11.0 Å². The monoisotopic (exact) mass is 469 g/mol. The molecule has 4 aromatic rings. The smallest absolute Gasteiger partial charge is 0.249 e. The van der Waals surface area contributed by atoms with Gasteiger partial charge in [-0.2, -0.15) is 0 Å². The van der Waals surface area contributed by atoms with E-state index in [2.05, 4.69) is 22.6 Å². The lowest BCUT2D eigenvalue weighted by Crippen LogP contribution is -2.50. The number of carbonyl (C=O) groups is 2. The van der Waals surface area contributed by atoms with Crippen LogP contribution in [0, 0.1) is 0 Å². The van der Waals surface area contributed by atoms with Crippen LogP contribution in [0.15, 0.2) is 78.9 Å². The van der Waals surface area contributed by atoms with E-state index in [0.717, 1.165) is 23.1 Å². The molecule has 2 amide bonds. The highest BCUT2D eigenvalue weighted by atomic mass is 16.2. The Morgan fingerprint density at radius 3 is 2.26 bits per heavy atom. The Morgan fingerprint density at radius 1 is 0.943 bits per heavy atom. The summed E-state index contributed by atoms with van der Waals surface area (Å²) in [4.78, 5) is 29.2. The topological polar surface area (TPSA) is 80.1 Å². The van der Waals surface area contributed by atoms with Gasteiger partial charge in [0.2, 0.25) is 11.8 Å². The predicted molar refractivity (Wildman–Crippen MR) is 138 cm³/mol. The molecule has 1 heterocycles. The Kier molecular flexibility index (Phi) is 6.96. The van der Waals surface area contributed by atoms with Gasteiger partial charge in [-0.3, -0.25) is 14.5 Å². The van der Waals surface area contributed by atoms with E-state index in [-0.39, 0.29) is 18.4 Å². The number of fused-ring (bicyclic) bond motifs is 1. The van der Waals surface area contributed by atoms with Crippen LogP contribution >= 0.6 is 0 Å². The van der Waals surface area contributed by atoms with Crippen molar-refractivity contribution >= 4 is 28.5 Å². The van der Waals surface area contributed by atoms with E-state index >= 15 is 0 Å². The van der Waals surface area contributed by atoms with Crippen molar-refractivity contribution in [1.82, 2.24) is 20.3 Å². The van der Waals surface area contributed by atoms with Gasteiger partial charge in [0.05, 0.1) is 5.52 Å². The number of rotatable bonds is 7. The first-order valence-corrected chi connectivity index (χ1v) is 11.8. The van der Waals surface area contributed by atoms with Crippen molar-refractivity contribution in [3.63, 3.8) is 0 Å². The summed E-state index contributed by atoms with van der Waals surface area (Å²) in [5.74, 6) is -0.511. The molecule has 0 radical (unpaired) electrons. The molecule has 1 atom stereocenters. The Balaban J connectivity index is 1.79. The minimum Gasteiger partial charge on any atom is -0.349 e. The van der Waals surface area contributed by atoms with E-state index in [1.54, 1.807) is 9.58 Å². The van der Waals surface area contributed by atoms with Crippen LogP contribution in [0.5, 0.6) is 0 Å². The van der Waals surface area contributed by atoms with Crippen molar-refractivity contribution in [2.75, 3.05) is 4.90 Å². The second-order valence-electron chi connectivity index (χ2n) is 9.57. The summed E-state index contributed by atoms with van der Waals surface area (Å²) in [6, 6.07) is 23.8. The maximum Gasteiger partial charge on any atom is 0.249 e. The molecule has 0 fully saturated rings.